The Morgan fingerprint density at radius 2 is 2.27 bits per heavy atom. The second kappa shape index (κ2) is 4.00. The van der Waals surface area contributed by atoms with Crippen LogP contribution in [0, 0.1) is 5.82 Å². The van der Waals surface area contributed by atoms with Crippen LogP contribution < -0.4 is 0 Å². The summed E-state index contributed by atoms with van der Waals surface area (Å²) in [7, 11) is 0. The predicted molar refractivity (Wildman–Crippen MR) is 52.8 cm³/mol. The fourth-order valence-electron chi connectivity index (χ4n) is 1.28. The zero-order valence-corrected chi connectivity index (χ0v) is 8.33. The molecule has 3 nitrogen and oxygen atoms in total. The van der Waals surface area contributed by atoms with E-state index in [-0.39, 0.29) is 11.6 Å². The van der Waals surface area contributed by atoms with Gasteiger partial charge in [0.2, 0.25) is 0 Å². The van der Waals surface area contributed by atoms with Crippen LogP contribution in [-0.4, -0.2) is 10.1 Å². The Morgan fingerprint density at radius 1 is 1.47 bits per heavy atom. The van der Waals surface area contributed by atoms with Crippen molar-refractivity contribution in [2.45, 2.75) is 6.61 Å². The first kappa shape index (κ1) is 10.1. The van der Waals surface area contributed by atoms with E-state index in [9.17, 15) is 4.39 Å². The minimum Gasteiger partial charge on any atom is -0.443 e. The topological polar surface area (TPSA) is 46.3 Å². The maximum atomic E-state index is 13.2. The summed E-state index contributed by atoms with van der Waals surface area (Å²) < 4.78 is 18.2. The number of aliphatic hydroxyl groups excluding tert-OH is 1. The molecule has 0 saturated heterocycles. The van der Waals surface area contributed by atoms with Crippen LogP contribution in [0.2, 0.25) is 5.02 Å². The monoisotopic (exact) mass is 227 g/mol. The molecule has 0 aliphatic heterocycles. The highest BCUT2D eigenvalue weighted by molar-refractivity contribution is 6.33. The van der Waals surface area contributed by atoms with Crippen molar-refractivity contribution < 1.29 is 13.9 Å². The van der Waals surface area contributed by atoms with E-state index in [1.54, 1.807) is 6.07 Å². The van der Waals surface area contributed by atoms with E-state index in [1.165, 1.54) is 18.5 Å². The van der Waals surface area contributed by atoms with E-state index in [4.69, 9.17) is 21.1 Å². The van der Waals surface area contributed by atoms with Crippen LogP contribution >= 0.6 is 11.6 Å². The summed E-state index contributed by atoms with van der Waals surface area (Å²) in [4.78, 5) is 3.78. The molecular weight excluding hydrogens is 221 g/mol. The van der Waals surface area contributed by atoms with Crippen molar-refractivity contribution in [3.05, 3.63) is 41.1 Å². The SMILES string of the molecule is OCc1ncoc1-c1cccc(F)c1Cl. The van der Waals surface area contributed by atoms with Gasteiger partial charge in [-0.1, -0.05) is 17.7 Å². The van der Waals surface area contributed by atoms with Gasteiger partial charge in [0.25, 0.3) is 0 Å². The average Bonchev–Trinajstić information content (AvgIpc) is 2.70. The number of hydrogen-bond acceptors (Lipinski definition) is 3. The van der Waals surface area contributed by atoms with Gasteiger partial charge in [0, 0.05) is 5.56 Å². The number of aromatic nitrogens is 1. The Kier molecular flexibility index (Phi) is 2.70. The third kappa shape index (κ3) is 1.73. The summed E-state index contributed by atoms with van der Waals surface area (Å²) in [6.07, 6.45) is 1.18. The third-order valence-corrected chi connectivity index (χ3v) is 2.37. The van der Waals surface area contributed by atoms with Crippen LogP contribution in [0.25, 0.3) is 11.3 Å². The summed E-state index contributed by atoms with van der Waals surface area (Å²) in [6.45, 7) is -0.279. The molecule has 0 saturated carbocycles. The van der Waals surface area contributed by atoms with Crippen molar-refractivity contribution in [3.63, 3.8) is 0 Å². The average molecular weight is 228 g/mol. The molecule has 0 aliphatic carbocycles. The lowest BCUT2D eigenvalue weighted by molar-refractivity contribution is 0.277. The Balaban J connectivity index is 2.59. The molecule has 78 valence electrons. The van der Waals surface area contributed by atoms with Crippen molar-refractivity contribution >= 4 is 11.6 Å². The van der Waals surface area contributed by atoms with Gasteiger partial charge in [-0.05, 0) is 12.1 Å². The van der Waals surface area contributed by atoms with Crippen molar-refractivity contribution in [1.29, 1.82) is 0 Å². The second-order valence-corrected chi connectivity index (χ2v) is 3.27. The molecule has 1 aromatic carbocycles. The summed E-state index contributed by atoms with van der Waals surface area (Å²) in [5.74, 6) is -0.239. The molecule has 0 atom stereocenters. The Hall–Kier alpha value is -1.39. The first-order valence-corrected chi connectivity index (χ1v) is 4.59. The molecule has 0 unspecified atom stereocenters. The molecule has 1 N–H and O–H groups in total. The molecule has 0 fully saturated rings. The summed E-state index contributed by atoms with van der Waals surface area (Å²) >= 11 is 5.77. The molecule has 5 heteroatoms. The van der Waals surface area contributed by atoms with Gasteiger partial charge in [0.05, 0.1) is 11.6 Å². The standard InChI is InChI=1S/C10H7ClFNO2/c11-9-6(2-1-3-7(9)12)10-8(4-14)13-5-15-10/h1-3,5,14H,4H2. The minimum absolute atomic E-state index is 0.0380. The molecule has 0 bridgehead atoms. The van der Waals surface area contributed by atoms with Gasteiger partial charge < -0.3 is 9.52 Å². The Labute approximate surface area is 90.1 Å². The van der Waals surface area contributed by atoms with E-state index in [2.05, 4.69) is 4.98 Å². The third-order valence-electron chi connectivity index (χ3n) is 1.99. The number of aliphatic hydroxyl groups is 1. The van der Waals surface area contributed by atoms with Gasteiger partial charge >= 0.3 is 0 Å². The molecular formula is C10H7ClFNO2. The quantitative estimate of drug-likeness (QED) is 0.858. The summed E-state index contributed by atoms with van der Waals surface area (Å²) in [6, 6.07) is 4.37. The number of benzene rings is 1. The lowest BCUT2D eigenvalue weighted by atomic mass is 10.1. The number of rotatable bonds is 2. The van der Waals surface area contributed by atoms with E-state index in [0.29, 0.717) is 17.0 Å². The number of halogens is 2. The molecule has 0 amide bonds. The molecule has 0 aliphatic rings. The maximum absolute atomic E-state index is 13.2. The van der Waals surface area contributed by atoms with Crippen molar-refractivity contribution in [1.82, 2.24) is 4.98 Å². The number of oxazole rings is 1. The largest absolute Gasteiger partial charge is 0.443 e. The zero-order chi connectivity index (χ0) is 10.8. The molecule has 2 rings (SSSR count). The van der Waals surface area contributed by atoms with Crippen LogP contribution in [0.3, 0.4) is 0 Å². The van der Waals surface area contributed by atoms with Gasteiger partial charge in [-0.2, -0.15) is 0 Å². The first-order chi connectivity index (χ1) is 7.24. The van der Waals surface area contributed by atoms with Gasteiger partial charge in [-0.15, -0.1) is 0 Å². The van der Waals surface area contributed by atoms with E-state index < -0.39 is 5.82 Å². The summed E-state index contributed by atoms with van der Waals surface area (Å²) in [5, 5.41) is 8.93. The maximum Gasteiger partial charge on any atom is 0.181 e. The molecule has 0 radical (unpaired) electrons. The normalized spacial score (nSPS) is 10.6. The molecule has 1 aromatic heterocycles. The molecule has 2 aromatic rings. The van der Waals surface area contributed by atoms with Crippen molar-refractivity contribution in [2.24, 2.45) is 0 Å². The van der Waals surface area contributed by atoms with Crippen LogP contribution in [0.1, 0.15) is 5.69 Å². The van der Waals surface area contributed by atoms with Gasteiger partial charge in [0.15, 0.2) is 12.2 Å². The van der Waals surface area contributed by atoms with E-state index >= 15 is 0 Å². The predicted octanol–water partition coefficient (Wildman–Crippen LogP) is 2.63. The Morgan fingerprint density at radius 3 is 3.00 bits per heavy atom. The lowest BCUT2D eigenvalue weighted by Crippen LogP contribution is -1.88. The highest BCUT2D eigenvalue weighted by Gasteiger charge is 2.15. The first-order valence-electron chi connectivity index (χ1n) is 4.21. The Bertz CT molecular complexity index is 484. The van der Waals surface area contributed by atoms with Gasteiger partial charge in [0.1, 0.15) is 11.5 Å². The van der Waals surface area contributed by atoms with Crippen LogP contribution in [0.15, 0.2) is 29.0 Å². The number of hydrogen-bond donors (Lipinski definition) is 1. The van der Waals surface area contributed by atoms with Crippen LogP contribution in [0.4, 0.5) is 4.39 Å². The minimum atomic E-state index is -0.533. The van der Waals surface area contributed by atoms with E-state index in [1.807, 2.05) is 0 Å². The molecule has 0 spiro atoms. The fourth-order valence-corrected chi connectivity index (χ4v) is 1.49. The second-order valence-electron chi connectivity index (χ2n) is 2.89. The van der Waals surface area contributed by atoms with Crippen LogP contribution in [-0.2, 0) is 6.61 Å². The van der Waals surface area contributed by atoms with Crippen LogP contribution in [0.5, 0.6) is 0 Å². The van der Waals surface area contributed by atoms with Gasteiger partial charge in [-0.25, -0.2) is 9.37 Å². The smallest absolute Gasteiger partial charge is 0.181 e. The molecule has 1 heterocycles. The zero-order valence-electron chi connectivity index (χ0n) is 7.58. The van der Waals surface area contributed by atoms with Crippen molar-refractivity contribution in [2.75, 3.05) is 0 Å². The lowest BCUT2D eigenvalue weighted by Gasteiger charge is -2.02. The summed E-state index contributed by atoms with van der Waals surface area (Å²) in [5.41, 5.74) is 0.723. The van der Waals surface area contributed by atoms with Gasteiger partial charge in [-0.3, -0.25) is 0 Å². The van der Waals surface area contributed by atoms with E-state index in [0.717, 1.165) is 0 Å². The molecule has 15 heavy (non-hydrogen) atoms. The highest BCUT2D eigenvalue weighted by atomic mass is 35.5. The highest BCUT2D eigenvalue weighted by Crippen LogP contribution is 2.31. The number of nitrogens with zero attached hydrogens (tertiary/aromatic N) is 1. The fraction of sp³-hybridized carbons (Fsp3) is 0.100. The van der Waals surface area contributed by atoms with Crippen molar-refractivity contribution in [3.8, 4) is 11.3 Å².